The summed E-state index contributed by atoms with van der Waals surface area (Å²) in [6, 6.07) is 12.4. The van der Waals surface area contributed by atoms with Crippen LogP contribution in [0.5, 0.6) is 0 Å². The summed E-state index contributed by atoms with van der Waals surface area (Å²) >= 11 is 6.22. The minimum absolute atomic E-state index is 0.242. The zero-order chi connectivity index (χ0) is 16.7. The van der Waals surface area contributed by atoms with Gasteiger partial charge in [0.25, 0.3) is 0 Å². The van der Waals surface area contributed by atoms with Crippen LogP contribution in [-0.4, -0.2) is 27.9 Å². The van der Waals surface area contributed by atoms with Gasteiger partial charge in [0, 0.05) is 35.4 Å². The van der Waals surface area contributed by atoms with Crippen molar-refractivity contribution in [2.24, 2.45) is 0 Å². The molecule has 0 aliphatic carbocycles. The van der Waals surface area contributed by atoms with Gasteiger partial charge >= 0.3 is 0 Å². The molecule has 0 spiro atoms. The predicted molar refractivity (Wildman–Crippen MR) is 93.6 cm³/mol. The van der Waals surface area contributed by atoms with E-state index >= 15 is 0 Å². The molecule has 1 aliphatic rings. The highest BCUT2D eigenvalue weighted by Gasteiger charge is 2.23. The average Bonchev–Trinajstić information content (AvgIpc) is 2.95. The van der Waals surface area contributed by atoms with Gasteiger partial charge in [0.05, 0.1) is 5.52 Å². The summed E-state index contributed by atoms with van der Waals surface area (Å²) in [5.41, 5.74) is 3.23. The third-order valence-electron chi connectivity index (χ3n) is 4.81. The topological polar surface area (TPSA) is 28.4 Å². The van der Waals surface area contributed by atoms with Crippen LogP contribution >= 0.6 is 11.6 Å². The summed E-state index contributed by atoms with van der Waals surface area (Å²) in [5.74, 6) is 0.143. The summed E-state index contributed by atoms with van der Waals surface area (Å²) in [7, 11) is 0. The molecule has 5 heteroatoms. The van der Waals surface area contributed by atoms with Crippen molar-refractivity contribution in [1.82, 2.24) is 9.63 Å². The molecule has 2 heterocycles. The Balaban J connectivity index is 1.84. The maximum absolute atomic E-state index is 13.2. The molecule has 0 amide bonds. The Kier molecular flexibility index (Phi) is 4.04. The fourth-order valence-corrected chi connectivity index (χ4v) is 3.72. The first-order valence-electron chi connectivity index (χ1n) is 8.12. The molecule has 24 heavy (non-hydrogen) atoms. The second-order valence-corrected chi connectivity index (χ2v) is 6.76. The number of hydrogen-bond acceptors (Lipinski definition) is 2. The van der Waals surface area contributed by atoms with Crippen molar-refractivity contribution in [3.05, 3.63) is 65.1 Å². The Hall–Kier alpha value is -1.88. The Bertz CT molecular complexity index is 867. The smallest absolute Gasteiger partial charge is 0.123 e. The largest absolute Gasteiger partial charge is 0.316 e. The van der Waals surface area contributed by atoms with Gasteiger partial charge < -0.3 is 9.77 Å². The molecule has 1 fully saturated rings. The molecule has 1 aliphatic heterocycles. The van der Waals surface area contributed by atoms with Crippen LogP contribution in [-0.2, 0) is 0 Å². The Morgan fingerprint density at radius 3 is 2.46 bits per heavy atom. The van der Waals surface area contributed by atoms with E-state index in [0.29, 0.717) is 24.0 Å². The summed E-state index contributed by atoms with van der Waals surface area (Å²) < 4.78 is 15.3. The molecule has 1 N–H and O–H groups in total. The van der Waals surface area contributed by atoms with Gasteiger partial charge in [0.1, 0.15) is 5.82 Å². The minimum Gasteiger partial charge on any atom is -0.316 e. The third-order valence-corrected chi connectivity index (χ3v) is 5.05. The molecule has 124 valence electrons. The van der Waals surface area contributed by atoms with Crippen molar-refractivity contribution in [1.29, 1.82) is 0 Å². The van der Waals surface area contributed by atoms with E-state index in [4.69, 9.17) is 11.6 Å². The highest BCUT2D eigenvalue weighted by Crippen LogP contribution is 2.36. The molecule has 2 aromatic carbocycles. The number of aromatic nitrogens is 1. The zero-order valence-electron chi connectivity index (χ0n) is 13.1. The van der Waals surface area contributed by atoms with Crippen molar-refractivity contribution >= 4 is 22.5 Å². The highest BCUT2D eigenvalue weighted by molar-refractivity contribution is 6.31. The molecule has 0 saturated carbocycles. The lowest BCUT2D eigenvalue weighted by Crippen LogP contribution is -2.29. The number of benzene rings is 2. The second kappa shape index (κ2) is 6.20. The minimum atomic E-state index is -0.242. The Morgan fingerprint density at radius 1 is 1.04 bits per heavy atom. The monoisotopic (exact) mass is 344 g/mol. The van der Waals surface area contributed by atoms with Gasteiger partial charge in [-0.3, -0.25) is 0 Å². The summed E-state index contributed by atoms with van der Waals surface area (Å²) in [6.45, 7) is 1.35. The maximum Gasteiger partial charge on any atom is 0.123 e. The van der Waals surface area contributed by atoms with E-state index in [2.05, 4.69) is 10.8 Å². The van der Waals surface area contributed by atoms with Crippen LogP contribution in [0, 0.1) is 5.82 Å². The standard InChI is InChI=1S/C19H18ClFN2O/c20-14-1-6-19-17(11-14)18(13-7-9-22(24)10-8-13)12-23(19)16-4-2-15(21)3-5-16/h1-6,11-13,24H,7-10H2. The van der Waals surface area contributed by atoms with Gasteiger partial charge in [-0.25, -0.2) is 4.39 Å². The van der Waals surface area contributed by atoms with Crippen LogP contribution in [0.4, 0.5) is 4.39 Å². The van der Waals surface area contributed by atoms with Gasteiger partial charge in [-0.05, 0) is 66.8 Å². The van der Waals surface area contributed by atoms with E-state index in [0.717, 1.165) is 29.4 Å². The van der Waals surface area contributed by atoms with Crippen LogP contribution in [0.2, 0.25) is 5.02 Å². The van der Waals surface area contributed by atoms with Gasteiger partial charge in [-0.2, -0.15) is 5.06 Å². The molecule has 1 aromatic heterocycles. The van der Waals surface area contributed by atoms with Gasteiger partial charge in [-0.1, -0.05) is 11.6 Å². The number of nitrogens with zero attached hydrogens (tertiary/aromatic N) is 2. The van der Waals surface area contributed by atoms with E-state index in [1.165, 1.54) is 22.8 Å². The van der Waals surface area contributed by atoms with Gasteiger partial charge in [-0.15, -0.1) is 0 Å². The van der Waals surface area contributed by atoms with Crippen molar-refractivity contribution in [2.45, 2.75) is 18.8 Å². The summed E-state index contributed by atoms with van der Waals surface area (Å²) in [4.78, 5) is 0. The lowest BCUT2D eigenvalue weighted by Gasteiger charge is -2.27. The third kappa shape index (κ3) is 2.81. The number of halogens is 2. The lowest BCUT2D eigenvalue weighted by atomic mass is 9.90. The number of hydroxylamine groups is 2. The van der Waals surface area contributed by atoms with Crippen molar-refractivity contribution in [2.75, 3.05) is 13.1 Å². The van der Waals surface area contributed by atoms with Crippen LogP contribution < -0.4 is 0 Å². The lowest BCUT2D eigenvalue weighted by molar-refractivity contribution is -0.106. The van der Waals surface area contributed by atoms with Crippen molar-refractivity contribution < 1.29 is 9.60 Å². The van der Waals surface area contributed by atoms with Crippen LogP contribution in [0.3, 0.4) is 0 Å². The fourth-order valence-electron chi connectivity index (χ4n) is 3.55. The number of fused-ring (bicyclic) bond motifs is 1. The van der Waals surface area contributed by atoms with E-state index < -0.39 is 0 Å². The van der Waals surface area contributed by atoms with E-state index in [1.54, 1.807) is 12.1 Å². The summed E-state index contributed by atoms with van der Waals surface area (Å²) in [6.07, 6.45) is 3.95. The number of rotatable bonds is 2. The molecule has 1 saturated heterocycles. The second-order valence-electron chi connectivity index (χ2n) is 6.32. The number of piperidine rings is 1. The van der Waals surface area contributed by atoms with Gasteiger partial charge in [0.2, 0.25) is 0 Å². The quantitative estimate of drug-likeness (QED) is 0.709. The molecule has 3 aromatic rings. The molecular weight excluding hydrogens is 327 g/mol. The first-order chi connectivity index (χ1) is 11.6. The average molecular weight is 345 g/mol. The molecule has 3 nitrogen and oxygen atoms in total. The SMILES string of the molecule is ON1CCC(c2cn(-c3ccc(F)cc3)c3ccc(Cl)cc23)CC1. The molecule has 0 bridgehead atoms. The van der Waals surface area contributed by atoms with Crippen LogP contribution in [0.15, 0.2) is 48.7 Å². The van der Waals surface area contributed by atoms with Crippen molar-refractivity contribution in [3.8, 4) is 5.69 Å². The van der Waals surface area contributed by atoms with Gasteiger partial charge in [0.15, 0.2) is 0 Å². The Labute approximate surface area is 144 Å². The van der Waals surface area contributed by atoms with Crippen molar-refractivity contribution in [3.63, 3.8) is 0 Å². The normalized spacial score (nSPS) is 16.8. The maximum atomic E-state index is 13.2. The highest BCUT2D eigenvalue weighted by atomic mass is 35.5. The van der Waals surface area contributed by atoms with E-state index in [-0.39, 0.29) is 5.82 Å². The van der Waals surface area contributed by atoms with Crippen LogP contribution in [0.1, 0.15) is 24.3 Å². The van der Waals surface area contributed by atoms with E-state index in [9.17, 15) is 9.60 Å². The number of hydrogen-bond donors (Lipinski definition) is 1. The van der Waals surface area contributed by atoms with E-state index in [1.807, 2.05) is 18.2 Å². The first-order valence-corrected chi connectivity index (χ1v) is 8.50. The molecule has 0 radical (unpaired) electrons. The Morgan fingerprint density at radius 2 is 1.75 bits per heavy atom. The molecule has 0 atom stereocenters. The molecule has 4 rings (SSSR count). The molecule has 0 unspecified atom stereocenters. The predicted octanol–water partition coefficient (Wildman–Crippen LogP) is 4.99. The first kappa shape index (κ1) is 15.6. The molecular formula is C19H18ClFN2O. The summed E-state index contributed by atoms with van der Waals surface area (Å²) in [5, 5.41) is 12.8. The zero-order valence-corrected chi connectivity index (χ0v) is 13.9. The fraction of sp³-hybridized carbons (Fsp3) is 0.263. The van der Waals surface area contributed by atoms with Crippen LogP contribution in [0.25, 0.3) is 16.6 Å².